The predicted octanol–water partition coefficient (Wildman–Crippen LogP) is -0.169. The maximum Gasteiger partial charge on any atom is 0.257 e. The molecule has 0 aliphatic rings. The van der Waals surface area contributed by atoms with Crippen molar-refractivity contribution in [3.05, 3.63) is 27.4 Å². The molecule has 0 saturated carbocycles. The summed E-state index contributed by atoms with van der Waals surface area (Å²) in [6.45, 7) is 1.91. The summed E-state index contributed by atoms with van der Waals surface area (Å²) in [6.07, 6.45) is 0.967. The first-order valence-electron chi connectivity index (χ1n) is 4.21. The molecule has 0 fully saturated rings. The number of hydrogen-bond acceptors (Lipinski definition) is 8. The smallest absolute Gasteiger partial charge is 0.257 e. The van der Waals surface area contributed by atoms with Crippen LogP contribution < -0.4 is 10.9 Å². The van der Waals surface area contributed by atoms with Gasteiger partial charge >= 0.3 is 0 Å². The molecule has 0 radical (unpaired) electrons. The SMILES string of the molecule is C=CC(=O)NNC(CN=O)(CN=O)CN=O. The molecule has 0 unspecified atom stereocenters. The minimum absolute atomic E-state index is 0.429. The summed E-state index contributed by atoms with van der Waals surface area (Å²) in [5, 5.41) is 7.69. The Hall–Kier alpha value is -2.03. The maximum atomic E-state index is 10.9. The van der Waals surface area contributed by atoms with Crippen molar-refractivity contribution in [2.24, 2.45) is 15.5 Å². The molecule has 0 aromatic heterocycles. The van der Waals surface area contributed by atoms with E-state index in [9.17, 15) is 19.5 Å². The van der Waals surface area contributed by atoms with Gasteiger partial charge < -0.3 is 0 Å². The molecule has 0 aliphatic heterocycles. The van der Waals surface area contributed by atoms with E-state index < -0.39 is 31.1 Å². The van der Waals surface area contributed by atoms with Crippen LogP contribution in [-0.4, -0.2) is 31.1 Å². The minimum atomic E-state index is -1.39. The largest absolute Gasteiger partial charge is 0.287 e. The zero-order valence-electron chi connectivity index (χ0n) is 8.38. The Kier molecular flexibility index (Phi) is 6.36. The Morgan fingerprint density at radius 1 is 1.12 bits per heavy atom. The Morgan fingerprint density at radius 2 is 1.56 bits per heavy atom. The van der Waals surface area contributed by atoms with Crippen molar-refractivity contribution >= 4 is 5.91 Å². The normalized spacial score (nSPS) is 10.2. The van der Waals surface area contributed by atoms with Crippen LogP contribution >= 0.6 is 0 Å². The lowest BCUT2D eigenvalue weighted by Crippen LogP contribution is -2.59. The van der Waals surface area contributed by atoms with Crippen LogP contribution in [0, 0.1) is 14.7 Å². The van der Waals surface area contributed by atoms with Gasteiger partial charge in [0, 0.05) is 0 Å². The molecule has 0 bridgehead atoms. The number of carbonyl (C=O) groups excluding carboxylic acids is 1. The van der Waals surface area contributed by atoms with Gasteiger partial charge in [-0.2, -0.15) is 14.7 Å². The molecule has 0 spiro atoms. The number of amides is 1. The Labute approximate surface area is 90.6 Å². The van der Waals surface area contributed by atoms with E-state index in [1.807, 2.05) is 0 Å². The van der Waals surface area contributed by atoms with Gasteiger partial charge in [-0.1, -0.05) is 22.1 Å². The van der Waals surface area contributed by atoms with E-state index in [1.54, 1.807) is 0 Å². The van der Waals surface area contributed by atoms with Gasteiger partial charge in [0.1, 0.15) is 25.2 Å². The first-order chi connectivity index (χ1) is 7.64. The first-order valence-corrected chi connectivity index (χ1v) is 4.21. The van der Waals surface area contributed by atoms with E-state index in [-0.39, 0.29) is 0 Å². The fraction of sp³-hybridized carbons (Fsp3) is 0.571. The fourth-order valence-corrected chi connectivity index (χ4v) is 0.884. The van der Waals surface area contributed by atoms with Crippen molar-refractivity contribution in [2.75, 3.05) is 19.6 Å². The molecule has 0 aromatic rings. The van der Waals surface area contributed by atoms with E-state index in [1.165, 1.54) is 0 Å². The molecule has 9 nitrogen and oxygen atoms in total. The highest BCUT2D eigenvalue weighted by Crippen LogP contribution is 2.06. The van der Waals surface area contributed by atoms with Gasteiger partial charge in [-0.3, -0.25) is 10.2 Å². The molecule has 9 heteroatoms. The topological polar surface area (TPSA) is 129 Å². The molecule has 0 aliphatic carbocycles. The van der Waals surface area contributed by atoms with Gasteiger partial charge in [-0.25, -0.2) is 5.43 Å². The highest BCUT2D eigenvalue weighted by Gasteiger charge is 2.32. The van der Waals surface area contributed by atoms with Crippen LogP contribution in [0.1, 0.15) is 0 Å². The number of rotatable bonds is 9. The van der Waals surface area contributed by atoms with Crippen molar-refractivity contribution in [3.63, 3.8) is 0 Å². The first kappa shape index (κ1) is 14.0. The third kappa shape index (κ3) is 4.46. The van der Waals surface area contributed by atoms with Gasteiger partial charge in [-0.05, 0) is 6.08 Å². The summed E-state index contributed by atoms with van der Waals surface area (Å²) >= 11 is 0. The molecular weight excluding hydrogens is 218 g/mol. The number of carbonyl (C=O) groups is 1. The van der Waals surface area contributed by atoms with Gasteiger partial charge in [0.2, 0.25) is 0 Å². The molecule has 0 saturated heterocycles. The van der Waals surface area contributed by atoms with Crippen molar-refractivity contribution in [1.82, 2.24) is 10.9 Å². The van der Waals surface area contributed by atoms with Crippen molar-refractivity contribution in [2.45, 2.75) is 5.54 Å². The average molecular weight is 229 g/mol. The standard InChI is InChI=1S/C7H11N5O4/c1-2-6(13)11-12-7(3-8-14,4-9-15)5-10-16/h2,12H,1,3-5H2,(H,11,13). The van der Waals surface area contributed by atoms with Gasteiger partial charge in [0.25, 0.3) is 5.91 Å². The van der Waals surface area contributed by atoms with Crippen LogP contribution in [0.3, 0.4) is 0 Å². The van der Waals surface area contributed by atoms with Crippen LogP contribution in [0.5, 0.6) is 0 Å². The summed E-state index contributed by atoms with van der Waals surface area (Å²) in [5.41, 5.74) is 3.07. The molecule has 2 N–H and O–H groups in total. The third-order valence-electron chi connectivity index (χ3n) is 1.74. The lowest BCUT2D eigenvalue weighted by atomic mass is 10.0. The number of hydrogen-bond donors (Lipinski definition) is 2. The number of nitrogens with zero attached hydrogens (tertiary/aromatic N) is 3. The van der Waals surface area contributed by atoms with E-state index in [0.717, 1.165) is 6.08 Å². The van der Waals surface area contributed by atoms with E-state index in [4.69, 9.17) is 0 Å². The molecular formula is C7H11N5O4. The van der Waals surface area contributed by atoms with Crippen molar-refractivity contribution < 1.29 is 4.79 Å². The summed E-state index contributed by atoms with van der Waals surface area (Å²) in [7, 11) is 0. The van der Waals surface area contributed by atoms with Gasteiger partial charge in [0.05, 0.1) is 0 Å². The van der Waals surface area contributed by atoms with Crippen molar-refractivity contribution in [1.29, 1.82) is 0 Å². The lowest BCUT2D eigenvalue weighted by molar-refractivity contribution is -0.118. The number of nitroso groups, excluding NO2 is 3. The zero-order valence-corrected chi connectivity index (χ0v) is 8.38. The number of nitrogens with one attached hydrogen (secondary N) is 2. The monoisotopic (exact) mass is 229 g/mol. The molecule has 16 heavy (non-hydrogen) atoms. The van der Waals surface area contributed by atoms with Gasteiger partial charge in [-0.15, -0.1) is 0 Å². The number of hydrazine groups is 1. The summed E-state index contributed by atoms with van der Waals surface area (Å²) in [5.74, 6) is -0.591. The summed E-state index contributed by atoms with van der Waals surface area (Å²) in [6, 6.07) is 0. The highest BCUT2D eigenvalue weighted by molar-refractivity contribution is 5.86. The van der Waals surface area contributed by atoms with Crippen LogP contribution in [0.15, 0.2) is 28.2 Å². The Bertz CT molecular complexity index is 266. The molecule has 0 aromatic carbocycles. The van der Waals surface area contributed by atoms with E-state index in [2.05, 4.69) is 33.0 Å². The van der Waals surface area contributed by atoms with Crippen LogP contribution in [0.25, 0.3) is 0 Å². The Balaban J connectivity index is 4.63. The Morgan fingerprint density at radius 3 is 1.88 bits per heavy atom. The summed E-state index contributed by atoms with van der Waals surface area (Å²) < 4.78 is 0. The second-order valence-corrected chi connectivity index (χ2v) is 2.96. The van der Waals surface area contributed by atoms with Crippen LogP contribution in [0.2, 0.25) is 0 Å². The quantitative estimate of drug-likeness (QED) is 0.322. The second kappa shape index (κ2) is 7.29. The molecule has 1 amide bonds. The van der Waals surface area contributed by atoms with Crippen molar-refractivity contribution in [3.8, 4) is 0 Å². The maximum absolute atomic E-state index is 10.9. The molecule has 88 valence electrons. The van der Waals surface area contributed by atoms with E-state index >= 15 is 0 Å². The van der Waals surface area contributed by atoms with Crippen LogP contribution in [0.4, 0.5) is 0 Å². The van der Waals surface area contributed by atoms with Crippen LogP contribution in [-0.2, 0) is 4.79 Å². The molecule has 0 heterocycles. The third-order valence-corrected chi connectivity index (χ3v) is 1.74. The molecule has 0 atom stereocenters. The van der Waals surface area contributed by atoms with E-state index in [0.29, 0.717) is 0 Å². The zero-order chi connectivity index (χ0) is 12.4. The average Bonchev–Trinajstić information content (AvgIpc) is 2.27. The fourth-order valence-electron chi connectivity index (χ4n) is 0.884. The minimum Gasteiger partial charge on any atom is -0.287 e. The molecule has 0 rings (SSSR count). The predicted molar refractivity (Wildman–Crippen MR) is 56.2 cm³/mol. The summed E-state index contributed by atoms with van der Waals surface area (Å²) in [4.78, 5) is 41.4. The van der Waals surface area contributed by atoms with Gasteiger partial charge in [0.15, 0.2) is 0 Å². The second-order valence-electron chi connectivity index (χ2n) is 2.96. The lowest BCUT2D eigenvalue weighted by Gasteiger charge is -2.26. The highest BCUT2D eigenvalue weighted by atomic mass is 16.3.